The molecule has 1 aliphatic rings. The van der Waals surface area contributed by atoms with Crippen molar-refractivity contribution in [3.8, 4) is 0 Å². The van der Waals surface area contributed by atoms with Gasteiger partial charge in [-0.2, -0.15) is 0 Å². The smallest absolute Gasteiger partial charge is 0.326 e. The first-order valence-corrected chi connectivity index (χ1v) is 10.5. The van der Waals surface area contributed by atoms with E-state index in [2.05, 4.69) is 15.6 Å². The zero-order chi connectivity index (χ0) is 24.4. The number of guanidine groups is 1. The van der Waals surface area contributed by atoms with Crippen LogP contribution in [0.15, 0.2) is 4.99 Å². The molecule has 13 nitrogen and oxygen atoms in total. The third-order valence-electron chi connectivity index (χ3n) is 5.22. The lowest BCUT2D eigenvalue weighted by atomic mass is 10.0. The fourth-order valence-electron chi connectivity index (χ4n) is 3.29. The molecule has 182 valence electrons. The molecule has 32 heavy (non-hydrogen) atoms. The number of nitrogens with two attached hydrogens (primary N) is 3. The van der Waals surface area contributed by atoms with Gasteiger partial charge in [-0.25, -0.2) is 4.79 Å². The standard InChI is InChI=1S/C19H35N7O6/c1-10(2)14(20)16(29)24-11(5-3-7-23-19(21)22)15(28)25-12(9-27)17(30)26-8-4-6-13(26)18(31)32/h10-14,27H,3-9,20H2,1-2H3,(H,24,29)(H,25,28)(H,31,32)(H4,21,22,23). The average molecular weight is 458 g/mol. The summed E-state index contributed by atoms with van der Waals surface area (Å²) in [5.74, 6) is -3.38. The molecule has 1 aliphatic heterocycles. The second-order valence-electron chi connectivity index (χ2n) is 8.05. The van der Waals surface area contributed by atoms with E-state index in [1.165, 1.54) is 0 Å². The molecule has 0 aromatic heterocycles. The Hall–Kier alpha value is -2.93. The van der Waals surface area contributed by atoms with E-state index in [0.717, 1.165) is 4.90 Å². The van der Waals surface area contributed by atoms with E-state index in [1.807, 2.05) is 0 Å². The van der Waals surface area contributed by atoms with Crippen molar-refractivity contribution in [2.75, 3.05) is 19.7 Å². The second kappa shape index (κ2) is 12.8. The maximum absolute atomic E-state index is 12.9. The predicted octanol–water partition coefficient (Wildman–Crippen LogP) is -2.94. The number of nitrogens with zero attached hydrogens (tertiary/aromatic N) is 2. The molecule has 4 unspecified atom stereocenters. The van der Waals surface area contributed by atoms with Crippen LogP contribution in [0, 0.1) is 5.92 Å². The van der Waals surface area contributed by atoms with Crippen molar-refractivity contribution in [2.45, 2.75) is 63.7 Å². The van der Waals surface area contributed by atoms with E-state index in [1.54, 1.807) is 13.8 Å². The van der Waals surface area contributed by atoms with E-state index < -0.39 is 54.5 Å². The average Bonchev–Trinajstić information content (AvgIpc) is 3.22. The van der Waals surface area contributed by atoms with Crippen LogP contribution in [0.3, 0.4) is 0 Å². The summed E-state index contributed by atoms with van der Waals surface area (Å²) in [5.41, 5.74) is 16.4. The summed E-state index contributed by atoms with van der Waals surface area (Å²) in [6, 6.07) is -4.26. The van der Waals surface area contributed by atoms with Crippen LogP contribution in [-0.4, -0.2) is 88.6 Å². The Morgan fingerprint density at radius 1 is 1.12 bits per heavy atom. The number of aliphatic carboxylic acids is 1. The van der Waals surface area contributed by atoms with Gasteiger partial charge in [0.15, 0.2) is 5.96 Å². The summed E-state index contributed by atoms with van der Waals surface area (Å²) >= 11 is 0. The lowest BCUT2D eigenvalue weighted by Crippen LogP contribution is -2.58. The number of aliphatic imine (C=N–C) groups is 1. The first-order valence-electron chi connectivity index (χ1n) is 10.5. The van der Waals surface area contributed by atoms with Gasteiger partial charge in [-0.1, -0.05) is 13.8 Å². The van der Waals surface area contributed by atoms with Gasteiger partial charge >= 0.3 is 5.97 Å². The van der Waals surface area contributed by atoms with Crippen LogP contribution in [0.25, 0.3) is 0 Å². The number of carboxylic acids is 1. The first-order chi connectivity index (χ1) is 15.0. The Morgan fingerprint density at radius 3 is 2.28 bits per heavy atom. The Morgan fingerprint density at radius 2 is 1.75 bits per heavy atom. The highest BCUT2D eigenvalue weighted by atomic mass is 16.4. The minimum atomic E-state index is -1.35. The third kappa shape index (κ3) is 7.96. The molecule has 1 rings (SSSR count). The normalized spacial score (nSPS) is 18.5. The zero-order valence-electron chi connectivity index (χ0n) is 18.5. The van der Waals surface area contributed by atoms with Gasteiger partial charge in [0, 0.05) is 13.1 Å². The van der Waals surface area contributed by atoms with Gasteiger partial charge in [0.05, 0.1) is 12.6 Å². The van der Waals surface area contributed by atoms with Gasteiger partial charge < -0.3 is 42.9 Å². The number of aliphatic hydroxyl groups is 1. The molecule has 13 heteroatoms. The number of amides is 3. The third-order valence-corrected chi connectivity index (χ3v) is 5.22. The lowest BCUT2D eigenvalue weighted by Gasteiger charge is -2.28. The Labute approximate surface area is 186 Å². The number of aliphatic hydroxyl groups excluding tert-OH is 1. The highest BCUT2D eigenvalue weighted by Gasteiger charge is 2.38. The number of carbonyl (C=O) groups excluding carboxylic acids is 3. The van der Waals surface area contributed by atoms with Crippen molar-refractivity contribution in [2.24, 2.45) is 28.1 Å². The zero-order valence-corrected chi connectivity index (χ0v) is 18.5. The van der Waals surface area contributed by atoms with Crippen LogP contribution < -0.4 is 27.8 Å². The van der Waals surface area contributed by atoms with Crippen molar-refractivity contribution in [1.82, 2.24) is 15.5 Å². The van der Waals surface area contributed by atoms with Gasteiger partial charge in [0.2, 0.25) is 17.7 Å². The molecule has 1 heterocycles. The van der Waals surface area contributed by atoms with E-state index >= 15 is 0 Å². The molecular weight excluding hydrogens is 422 g/mol. The number of likely N-dealkylation sites (tertiary alicyclic amines) is 1. The van der Waals surface area contributed by atoms with E-state index in [9.17, 15) is 29.4 Å². The number of nitrogens with one attached hydrogen (secondary N) is 2. The van der Waals surface area contributed by atoms with Gasteiger partial charge in [-0.3, -0.25) is 19.4 Å². The monoisotopic (exact) mass is 457 g/mol. The predicted molar refractivity (Wildman–Crippen MR) is 116 cm³/mol. The van der Waals surface area contributed by atoms with Crippen molar-refractivity contribution in [1.29, 1.82) is 0 Å². The maximum atomic E-state index is 12.9. The molecular formula is C19H35N7O6. The van der Waals surface area contributed by atoms with Crippen LogP contribution in [0.5, 0.6) is 0 Å². The van der Waals surface area contributed by atoms with Gasteiger partial charge in [0.25, 0.3) is 0 Å². The van der Waals surface area contributed by atoms with Crippen LogP contribution in [0.2, 0.25) is 0 Å². The summed E-state index contributed by atoms with van der Waals surface area (Å²) in [6.07, 6.45) is 1.29. The van der Waals surface area contributed by atoms with Crippen LogP contribution >= 0.6 is 0 Å². The SMILES string of the molecule is CC(C)C(N)C(=O)NC(CCCN=C(N)N)C(=O)NC(CO)C(=O)N1CCCC1C(=O)O. The lowest BCUT2D eigenvalue weighted by molar-refractivity contribution is -0.150. The maximum Gasteiger partial charge on any atom is 0.326 e. The van der Waals surface area contributed by atoms with Crippen LogP contribution in [0.4, 0.5) is 0 Å². The number of carbonyl (C=O) groups is 4. The molecule has 0 spiro atoms. The summed E-state index contributed by atoms with van der Waals surface area (Å²) in [7, 11) is 0. The van der Waals surface area contributed by atoms with E-state index in [0.29, 0.717) is 19.3 Å². The molecule has 0 radical (unpaired) electrons. The topological polar surface area (TPSA) is 226 Å². The minimum Gasteiger partial charge on any atom is -0.480 e. The van der Waals surface area contributed by atoms with Gasteiger partial charge in [0.1, 0.15) is 18.1 Å². The molecule has 0 bridgehead atoms. The number of carboxylic acid groups (broad SMARTS) is 1. The second-order valence-corrected chi connectivity index (χ2v) is 8.05. The van der Waals surface area contributed by atoms with E-state index in [-0.39, 0.29) is 31.4 Å². The molecule has 0 aromatic carbocycles. The molecule has 1 fully saturated rings. The molecule has 3 amide bonds. The van der Waals surface area contributed by atoms with Crippen molar-refractivity contribution in [3.63, 3.8) is 0 Å². The molecule has 1 saturated heterocycles. The quantitative estimate of drug-likeness (QED) is 0.0902. The molecule has 0 aliphatic carbocycles. The Kier molecular flexibility index (Phi) is 10.9. The highest BCUT2D eigenvalue weighted by molar-refractivity contribution is 5.94. The van der Waals surface area contributed by atoms with Crippen LogP contribution in [0.1, 0.15) is 39.5 Å². The summed E-state index contributed by atoms with van der Waals surface area (Å²) in [5, 5.41) is 23.9. The fourth-order valence-corrected chi connectivity index (χ4v) is 3.29. The Bertz CT molecular complexity index is 710. The molecule has 0 saturated carbocycles. The van der Waals surface area contributed by atoms with Crippen molar-refractivity contribution in [3.05, 3.63) is 0 Å². The highest BCUT2D eigenvalue weighted by Crippen LogP contribution is 2.18. The fraction of sp³-hybridized carbons (Fsp3) is 0.737. The molecule has 0 aromatic rings. The number of rotatable bonds is 12. The van der Waals surface area contributed by atoms with Crippen molar-refractivity contribution < 1.29 is 29.4 Å². The largest absolute Gasteiger partial charge is 0.480 e. The molecule has 4 atom stereocenters. The van der Waals surface area contributed by atoms with Crippen molar-refractivity contribution >= 4 is 29.7 Å². The molecule has 10 N–H and O–H groups in total. The summed E-state index contributed by atoms with van der Waals surface area (Å²) in [4.78, 5) is 54.3. The first kappa shape index (κ1) is 27.1. The Balaban J connectivity index is 2.90. The van der Waals surface area contributed by atoms with Gasteiger partial charge in [-0.05, 0) is 31.6 Å². The summed E-state index contributed by atoms with van der Waals surface area (Å²) in [6.45, 7) is 3.22. The van der Waals surface area contributed by atoms with Gasteiger partial charge in [-0.15, -0.1) is 0 Å². The number of hydrogen-bond acceptors (Lipinski definition) is 7. The van der Waals surface area contributed by atoms with E-state index in [4.69, 9.17) is 17.2 Å². The minimum absolute atomic E-state index is 0.110. The van der Waals surface area contributed by atoms with Crippen LogP contribution in [-0.2, 0) is 19.2 Å². The summed E-state index contributed by atoms with van der Waals surface area (Å²) < 4.78 is 0. The number of hydrogen-bond donors (Lipinski definition) is 7.